The molecule has 0 aromatic heterocycles. The van der Waals surface area contributed by atoms with Gasteiger partial charge in [-0.2, -0.15) is 0 Å². The van der Waals surface area contributed by atoms with Crippen molar-refractivity contribution in [2.45, 2.75) is 84.4 Å². The van der Waals surface area contributed by atoms with E-state index in [1.54, 1.807) is 0 Å². The van der Waals surface area contributed by atoms with Crippen molar-refractivity contribution in [3.63, 3.8) is 0 Å². The summed E-state index contributed by atoms with van der Waals surface area (Å²) in [6, 6.07) is 0. The Labute approximate surface area is 127 Å². The van der Waals surface area contributed by atoms with E-state index in [-0.39, 0.29) is 17.2 Å². The Morgan fingerprint density at radius 3 is 2.10 bits per heavy atom. The van der Waals surface area contributed by atoms with Crippen molar-refractivity contribution in [2.24, 2.45) is 11.3 Å². The molecule has 3 heteroatoms. The highest BCUT2D eigenvalue weighted by Gasteiger charge is 2.36. The third-order valence-electron chi connectivity index (χ3n) is 4.92. The van der Waals surface area contributed by atoms with E-state index in [9.17, 15) is 4.79 Å². The maximum Gasteiger partial charge on any atom is 0.316 e. The third kappa shape index (κ3) is 4.72. The molecule has 20 heavy (non-hydrogen) atoms. The van der Waals surface area contributed by atoms with E-state index in [1.165, 1.54) is 12.8 Å². The Morgan fingerprint density at radius 2 is 1.70 bits per heavy atom. The highest BCUT2D eigenvalue weighted by Crippen LogP contribution is 2.40. The average molecular weight is 300 g/mol. The summed E-state index contributed by atoms with van der Waals surface area (Å²) in [5.41, 5.74) is 0.385. The second-order valence-electron chi connectivity index (χ2n) is 7.58. The van der Waals surface area contributed by atoms with Crippen LogP contribution in [-0.2, 0) is 9.53 Å². The normalized spacial score (nSPS) is 27.5. The number of esters is 1. The third-order valence-corrected chi connectivity index (χ3v) is 6.48. The Balaban J connectivity index is 2.49. The molecule has 2 atom stereocenters. The Hall–Kier alpha value is -0.100. The molecule has 0 aromatic rings. The van der Waals surface area contributed by atoms with Crippen molar-refractivity contribution in [3.05, 3.63) is 0 Å². The zero-order valence-corrected chi connectivity index (χ0v) is 15.2. The fraction of sp³-hybridized carbons (Fsp3) is 0.941. The predicted molar refractivity (Wildman–Crippen MR) is 88.8 cm³/mol. The van der Waals surface area contributed by atoms with Gasteiger partial charge in [0.2, 0.25) is 0 Å². The summed E-state index contributed by atoms with van der Waals surface area (Å²) in [4.78, 5) is 12.4. The Kier molecular flexibility index (Phi) is 6.51. The van der Waals surface area contributed by atoms with Crippen molar-refractivity contribution in [2.75, 3.05) is 6.66 Å². The number of carbonyl (C=O) groups excluding carboxylic acids is 1. The molecule has 0 bridgehead atoms. The molecule has 1 saturated carbocycles. The maximum absolute atomic E-state index is 12.4. The molecule has 0 N–H and O–H groups in total. The van der Waals surface area contributed by atoms with E-state index < -0.39 is 0 Å². The molecule has 118 valence electrons. The first-order valence-corrected chi connectivity index (χ1v) is 9.63. The van der Waals surface area contributed by atoms with Gasteiger partial charge in [0.05, 0.1) is 5.16 Å². The smallest absolute Gasteiger partial charge is 0.316 e. The monoisotopic (exact) mass is 300 g/mol. The van der Waals surface area contributed by atoms with Gasteiger partial charge in [-0.1, -0.05) is 34.1 Å². The molecule has 1 aliphatic carbocycles. The van der Waals surface area contributed by atoms with E-state index >= 15 is 0 Å². The van der Waals surface area contributed by atoms with E-state index in [2.05, 4.69) is 41.3 Å². The first kappa shape index (κ1) is 18.0. The van der Waals surface area contributed by atoms with Gasteiger partial charge in [0.1, 0.15) is 6.10 Å². The van der Waals surface area contributed by atoms with Crippen molar-refractivity contribution in [1.29, 1.82) is 0 Å². The first-order valence-electron chi connectivity index (χ1n) is 8.13. The molecular formula is C17H33O2P. The van der Waals surface area contributed by atoms with Crippen LogP contribution in [0, 0.1) is 11.3 Å². The molecule has 0 radical (unpaired) electrons. The van der Waals surface area contributed by atoms with Crippen molar-refractivity contribution in [3.8, 4) is 0 Å². The predicted octanol–water partition coefficient (Wildman–Crippen LogP) is 5.00. The molecule has 1 fully saturated rings. The van der Waals surface area contributed by atoms with E-state index in [1.807, 2.05) is 0 Å². The van der Waals surface area contributed by atoms with Gasteiger partial charge in [-0.15, -0.1) is 8.58 Å². The number of hydrogen-bond acceptors (Lipinski definition) is 2. The van der Waals surface area contributed by atoms with Gasteiger partial charge in [0, 0.05) is 0 Å². The quantitative estimate of drug-likeness (QED) is 0.527. The molecular weight excluding hydrogens is 267 g/mol. The highest BCUT2D eigenvalue weighted by molar-refractivity contribution is 7.40. The Morgan fingerprint density at radius 1 is 1.15 bits per heavy atom. The molecule has 0 saturated heterocycles. The second-order valence-corrected chi connectivity index (χ2v) is 9.18. The van der Waals surface area contributed by atoms with Crippen LogP contribution in [0.15, 0.2) is 0 Å². The molecule has 1 rings (SSSR count). The van der Waals surface area contributed by atoms with Gasteiger partial charge in [0.25, 0.3) is 0 Å². The lowest BCUT2D eigenvalue weighted by Gasteiger charge is -2.37. The van der Waals surface area contributed by atoms with Crippen molar-refractivity contribution in [1.82, 2.24) is 0 Å². The summed E-state index contributed by atoms with van der Waals surface area (Å²) in [6.45, 7) is 13.3. The first-order chi connectivity index (χ1) is 9.23. The number of ether oxygens (including phenoxy) is 1. The van der Waals surface area contributed by atoms with Crippen molar-refractivity contribution >= 4 is 14.6 Å². The van der Waals surface area contributed by atoms with Crippen LogP contribution in [0.3, 0.4) is 0 Å². The van der Waals surface area contributed by atoms with Gasteiger partial charge >= 0.3 is 5.97 Å². The summed E-state index contributed by atoms with van der Waals surface area (Å²) in [5.74, 6) is 0.812. The largest absolute Gasteiger partial charge is 0.462 e. The van der Waals surface area contributed by atoms with Crippen LogP contribution >= 0.6 is 8.58 Å². The Bertz CT molecular complexity index is 313. The topological polar surface area (TPSA) is 26.3 Å². The van der Waals surface area contributed by atoms with Gasteiger partial charge in [0.15, 0.2) is 0 Å². The van der Waals surface area contributed by atoms with Crippen LogP contribution < -0.4 is 0 Å². The number of hydrogen-bond donors (Lipinski definition) is 0. The lowest BCUT2D eigenvalue weighted by molar-refractivity contribution is -0.154. The summed E-state index contributed by atoms with van der Waals surface area (Å²) < 4.78 is 5.83. The van der Waals surface area contributed by atoms with Crippen molar-refractivity contribution < 1.29 is 9.53 Å². The summed E-state index contributed by atoms with van der Waals surface area (Å²) in [7, 11) is 0.621. The molecule has 0 heterocycles. The standard InChI is InChI=1S/C17H33O2P/c1-7-12-17(5,20-6)15(18)19-14-10-8-13(9-11-14)16(2,3)4/h13-14,20H,7-12H2,1-6H3. The molecule has 0 amide bonds. The minimum absolute atomic E-state index is 0.0411. The van der Waals surface area contributed by atoms with Gasteiger partial charge in [-0.05, 0) is 57.0 Å². The van der Waals surface area contributed by atoms with Gasteiger partial charge in [-0.25, -0.2) is 0 Å². The summed E-state index contributed by atoms with van der Waals surface area (Å²) >= 11 is 0. The fourth-order valence-corrected chi connectivity index (χ4v) is 3.92. The zero-order valence-electron chi connectivity index (χ0n) is 14.2. The van der Waals surface area contributed by atoms with E-state index in [4.69, 9.17) is 4.74 Å². The highest BCUT2D eigenvalue weighted by atomic mass is 31.1. The SMILES string of the molecule is CCCC(C)(PC)C(=O)OC1CCC(C(C)(C)C)CC1. The van der Waals surface area contributed by atoms with Crippen LogP contribution in [0.2, 0.25) is 0 Å². The fourth-order valence-electron chi connectivity index (χ4n) is 3.16. The average Bonchev–Trinajstić information content (AvgIpc) is 2.38. The summed E-state index contributed by atoms with van der Waals surface area (Å²) in [6.07, 6.45) is 6.63. The molecule has 0 aliphatic heterocycles. The molecule has 0 spiro atoms. The lowest BCUT2D eigenvalue weighted by Crippen LogP contribution is -2.37. The zero-order chi connectivity index (χ0) is 15.4. The van der Waals surface area contributed by atoms with Crippen LogP contribution in [0.4, 0.5) is 0 Å². The lowest BCUT2D eigenvalue weighted by atomic mass is 9.72. The molecule has 0 aromatic carbocycles. The molecule has 1 aliphatic rings. The van der Waals surface area contributed by atoms with Gasteiger partial charge < -0.3 is 4.74 Å². The summed E-state index contributed by atoms with van der Waals surface area (Å²) in [5, 5.41) is -0.254. The second kappa shape index (κ2) is 7.25. The minimum Gasteiger partial charge on any atom is -0.462 e. The minimum atomic E-state index is -0.254. The van der Waals surface area contributed by atoms with E-state index in [0.717, 1.165) is 31.6 Å². The number of rotatable bonds is 5. The maximum atomic E-state index is 12.4. The van der Waals surface area contributed by atoms with Crippen LogP contribution in [0.1, 0.15) is 73.1 Å². The number of carbonyl (C=O) groups is 1. The van der Waals surface area contributed by atoms with Crippen LogP contribution in [-0.4, -0.2) is 23.9 Å². The molecule has 2 unspecified atom stereocenters. The van der Waals surface area contributed by atoms with Crippen LogP contribution in [0.25, 0.3) is 0 Å². The van der Waals surface area contributed by atoms with Gasteiger partial charge in [-0.3, -0.25) is 4.79 Å². The van der Waals surface area contributed by atoms with E-state index in [0.29, 0.717) is 14.0 Å². The van der Waals surface area contributed by atoms with Crippen LogP contribution in [0.5, 0.6) is 0 Å². The molecule has 2 nitrogen and oxygen atoms in total.